The molecule has 3 heterocycles. The monoisotopic (exact) mass is 683 g/mol. The van der Waals surface area contributed by atoms with Gasteiger partial charge in [0.25, 0.3) is 0 Å². The largest absolute Gasteiger partial charge is 0.456 e. The van der Waals surface area contributed by atoms with Crippen molar-refractivity contribution in [3.05, 3.63) is 163 Å². The predicted octanol–water partition coefficient (Wildman–Crippen LogP) is 12.8. The van der Waals surface area contributed by atoms with E-state index in [1.54, 1.807) is 0 Å². The second-order valence-corrected chi connectivity index (χ2v) is 14.6. The number of thiophene rings is 1. The summed E-state index contributed by atoms with van der Waals surface area (Å²) in [6.07, 6.45) is 4.08. The summed E-state index contributed by atoms with van der Waals surface area (Å²) in [7, 11) is 0. The Morgan fingerprint density at radius 1 is 0.481 bits per heavy atom. The molecule has 0 aliphatic heterocycles. The second kappa shape index (κ2) is 11.6. The first kappa shape index (κ1) is 29.3. The number of benzene rings is 7. The van der Waals surface area contributed by atoms with Gasteiger partial charge in [-0.3, -0.25) is 0 Å². The summed E-state index contributed by atoms with van der Waals surface area (Å²) in [5, 5.41) is 6.99. The fraction of sp³-hybridized carbons (Fsp3) is 0.0426. The van der Waals surface area contributed by atoms with E-state index in [4.69, 9.17) is 19.4 Å². The van der Waals surface area contributed by atoms with Gasteiger partial charge in [0.2, 0.25) is 0 Å². The molecule has 1 aliphatic carbocycles. The Bertz CT molecular complexity index is 3100. The quantitative estimate of drug-likeness (QED) is 0.185. The van der Waals surface area contributed by atoms with Gasteiger partial charge in [0.15, 0.2) is 17.5 Å². The Kier molecular flexibility index (Phi) is 6.51. The van der Waals surface area contributed by atoms with Gasteiger partial charge >= 0.3 is 0 Å². The van der Waals surface area contributed by atoms with Crippen LogP contribution in [0.25, 0.3) is 98.4 Å². The normalized spacial score (nSPS) is 13.0. The van der Waals surface area contributed by atoms with Crippen molar-refractivity contribution in [3.63, 3.8) is 0 Å². The van der Waals surface area contributed by atoms with Crippen molar-refractivity contribution in [2.24, 2.45) is 0 Å². The molecule has 10 aromatic rings. The third-order valence-corrected chi connectivity index (χ3v) is 11.6. The van der Waals surface area contributed by atoms with Gasteiger partial charge in [0.1, 0.15) is 11.2 Å². The predicted molar refractivity (Wildman–Crippen MR) is 216 cm³/mol. The first-order chi connectivity index (χ1) is 25.7. The lowest BCUT2D eigenvalue weighted by molar-refractivity contribution is 0.669. The molecular weight excluding hydrogens is 655 g/mol. The molecule has 0 unspecified atom stereocenters. The highest BCUT2D eigenvalue weighted by atomic mass is 32.1. The van der Waals surface area contributed by atoms with Crippen LogP contribution in [-0.4, -0.2) is 15.0 Å². The van der Waals surface area contributed by atoms with Crippen LogP contribution in [-0.2, 0) is 6.42 Å². The summed E-state index contributed by atoms with van der Waals surface area (Å²) in [4.78, 5) is 15.7. The van der Waals surface area contributed by atoms with Gasteiger partial charge in [-0.2, -0.15) is 0 Å². The minimum atomic E-state index is 0.659. The van der Waals surface area contributed by atoms with Gasteiger partial charge in [-0.25, -0.2) is 15.0 Å². The van der Waals surface area contributed by atoms with Crippen LogP contribution in [0.1, 0.15) is 23.4 Å². The molecule has 5 heteroatoms. The zero-order valence-electron chi connectivity index (χ0n) is 28.0. The number of furan rings is 1. The van der Waals surface area contributed by atoms with Crippen molar-refractivity contribution in [1.29, 1.82) is 0 Å². The Hall–Kier alpha value is -6.43. The molecule has 4 nitrogen and oxygen atoms in total. The number of aryl methyl sites for hydroxylation is 1. The average Bonchev–Trinajstić information content (AvgIpc) is 3.78. The molecule has 3 aromatic heterocycles. The van der Waals surface area contributed by atoms with Crippen LogP contribution in [0.15, 0.2) is 150 Å². The molecule has 0 N–H and O–H groups in total. The van der Waals surface area contributed by atoms with Crippen LogP contribution in [0.4, 0.5) is 0 Å². The highest BCUT2D eigenvalue weighted by molar-refractivity contribution is 7.25. The van der Waals surface area contributed by atoms with Crippen molar-refractivity contribution in [3.8, 4) is 33.9 Å². The van der Waals surface area contributed by atoms with E-state index in [9.17, 15) is 0 Å². The lowest BCUT2D eigenvalue weighted by Gasteiger charge is -2.17. The van der Waals surface area contributed by atoms with E-state index in [-0.39, 0.29) is 0 Å². The number of hydrogen-bond acceptors (Lipinski definition) is 5. The minimum Gasteiger partial charge on any atom is -0.456 e. The zero-order chi connectivity index (χ0) is 34.2. The molecule has 0 bridgehead atoms. The van der Waals surface area contributed by atoms with E-state index in [2.05, 4.69) is 140 Å². The zero-order valence-corrected chi connectivity index (χ0v) is 28.8. The van der Waals surface area contributed by atoms with Gasteiger partial charge in [-0.15, -0.1) is 11.3 Å². The Morgan fingerprint density at radius 3 is 2.15 bits per heavy atom. The van der Waals surface area contributed by atoms with Gasteiger partial charge in [-0.1, -0.05) is 97.1 Å². The van der Waals surface area contributed by atoms with Gasteiger partial charge in [0.05, 0.1) is 0 Å². The maximum absolute atomic E-state index is 6.33. The third kappa shape index (κ3) is 4.70. The van der Waals surface area contributed by atoms with E-state index >= 15 is 0 Å². The smallest absolute Gasteiger partial charge is 0.164 e. The SMILES string of the molecule is C1=C(c2nc(-c3cc(-c4cccc5oc6ccccc6c45)c4ccccc4c3)nc(-c3ccc4sc5ccccc5c4c3)n2)CCc2ccccc21. The number of fused-ring (bicyclic) bond motifs is 8. The number of aromatic nitrogens is 3. The van der Waals surface area contributed by atoms with E-state index in [1.165, 1.54) is 36.7 Å². The molecule has 244 valence electrons. The molecule has 0 fully saturated rings. The van der Waals surface area contributed by atoms with Crippen LogP contribution in [0.5, 0.6) is 0 Å². The lowest BCUT2D eigenvalue weighted by Crippen LogP contribution is -2.06. The van der Waals surface area contributed by atoms with Crippen molar-refractivity contribution in [1.82, 2.24) is 15.0 Å². The number of para-hydroxylation sites is 1. The molecule has 0 radical (unpaired) electrons. The minimum absolute atomic E-state index is 0.659. The maximum Gasteiger partial charge on any atom is 0.164 e. The summed E-state index contributed by atoms with van der Waals surface area (Å²) in [5.41, 5.74) is 9.63. The molecule has 0 amide bonds. The highest BCUT2D eigenvalue weighted by Crippen LogP contribution is 2.42. The number of nitrogens with zero attached hydrogens (tertiary/aromatic N) is 3. The van der Waals surface area contributed by atoms with E-state index < -0.39 is 0 Å². The fourth-order valence-electron chi connectivity index (χ4n) is 7.91. The molecule has 7 aromatic carbocycles. The van der Waals surface area contributed by atoms with E-state index in [1.807, 2.05) is 23.5 Å². The molecule has 52 heavy (non-hydrogen) atoms. The summed E-state index contributed by atoms with van der Waals surface area (Å²) in [6, 6.07) is 51.5. The number of allylic oxidation sites excluding steroid dienone is 1. The van der Waals surface area contributed by atoms with E-state index in [0.29, 0.717) is 11.6 Å². The summed E-state index contributed by atoms with van der Waals surface area (Å²) in [6.45, 7) is 0. The van der Waals surface area contributed by atoms with Crippen LogP contribution < -0.4 is 0 Å². The molecule has 0 atom stereocenters. The maximum atomic E-state index is 6.33. The van der Waals surface area contributed by atoms with Crippen LogP contribution in [0.2, 0.25) is 0 Å². The van der Waals surface area contributed by atoms with Crippen LogP contribution >= 0.6 is 11.3 Å². The molecule has 0 spiro atoms. The lowest BCUT2D eigenvalue weighted by atomic mass is 9.91. The van der Waals surface area contributed by atoms with Gasteiger partial charge in [-0.05, 0) is 106 Å². The molecule has 11 rings (SSSR count). The fourth-order valence-corrected chi connectivity index (χ4v) is 9.00. The number of rotatable bonds is 4. The topological polar surface area (TPSA) is 51.8 Å². The van der Waals surface area contributed by atoms with Gasteiger partial charge < -0.3 is 4.42 Å². The summed E-state index contributed by atoms with van der Waals surface area (Å²) >= 11 is 1.82. The van der Waals surface area contributed by atoms with Crippen molar-refractivity contribution in [2.75, 3.05) is 0 Å². The Labute approximate surface area is 303 Å². The Balaban J connectivity index is 1.16. The summed E-state index contributed by atoms with van der Waals surface area (Å²) < 4.78 is 8.86. The molecule has 1 aliphatic rings. The number of hydrogen-bond donors (Lipinski definition) is 0. The first-order valence-corrected chi connectivity index (χ1v) is 18.5. The first-order valence-electron chi connectivity index (χ1n) is 17.6. The molecule has 0 saturated heterocycles. The Morgan fingerprint density at radius 2 is 1.21 bits per heavy atom. The molecule has 0 saturated carbocycles. The van der Waals surface area contributed by atoms with Crippen molar-refractivity contribution in [2.45, 2.75) is 12.8 Å². The van der Waals surface area contributed by atoms with Crippen LogP contribution in [0, 0.1) is 0 Å². The third-order valence-electron chi connectivity index (χ3n) is 10.4. The van der Waals surface area contributed by atoms with Crippen molar-refractivity contribution >= 4 is 75.9 Å². The molecular formula is C47H29N3OS. The summed E-state index contributed by atoms with van der Waals surface area (Å²) in [5.74, 6) is 2.06. The van der Waals surface area contributed by atoms with E-state index in [0.717, 1.165) is 73.8 Å². The van der Waals surface area contributed by atoms with Gasteiger partial charge in [0, 0.05) is 42.1 Å². The van der Waals surface area contributed by atoms with Crippen LogP contribution in [0.3, 0.4) is 0 Å². The standard InChI is InChI=1S/C47H29N3OS/c1-2-11-29-24-31(21-20-28(29)10-1)45-48-46(32-22-23-43-39(26-32)35-14-6-8-19-42(35)52-43)50-47(49-45)33-25-30-12-3-4-13-34(30)38(27-33)36-16-9-18-41-44(36)37-15-5-7-17-40(37)51-41/h1-19,22-27H,20-21H2. The highest BCUT2D eigenvalue weighted by Gasteiger charge is 2.20. The average molecular weight is 684 g/mol. The second-order valence-electron chi connectivity index (χ2n) is 13.5. The van der Waals surface area contributed by atoms with Crippen molar-refractivity contribution < 1.29 is 4.42 Å².